The van der Waals surface area contributed by atoms with Crippen molar-refractivity contribution in [1.82, 2.24) is 0 Å². The van der Waals surface area contributed by atoms with Crippen molar-refractivity contribution in [3.63, 3.8) is 0 Å². The smallest absolute Gasteiger partial charge is 0.415 e. The van der Waals surface area contributed by atoms with Crippen LogP contribution in [-0.4, -0.2) is 51.1 Å². The van der Waals surface area contributed by atoms with Gasteiger partial charge in [0.05, 0.1) is 32.4 Å². The molecule has 0 spiro atoms. The lowest BCUT2D eigenvalue weighted by molar-refractivity contribution is -0.148. The lowest BCUT2D eigenvalue weighted by Crippen LogP contribution is -2.49. The number of esters is 1. The first-order chi connectivity index (χ1) is 10.9. The van der Waals surface area contributed by atoms with Gasteiger partial charge in [-0.05, 0) is 0 Å². The molecule has 2 heterocycles. The summed E-state index contributed by atoms with van der Waals surface area (Å²) >= 11 is 0. The van der Waals surface area contributed by atoms with Gasteiger partial charge >= 0.3 is 12.1 Å². The highest BCUT2D eigenvalue weighted by Gasteiger charge is 2.39. The number of amides is 1. The average Bonchev–Trinajstić information content (AvgIpc) is 2.85. The second-order valence-electron chi connectivity index (χ2n) is 5.27. The van der Waals surface area contributed by atoms with E-state index in [-0.39, 0.29) is 31.0 Å². The minimum Gasteiger partial charge on any atom is -0.466 e. The molecule has 2 aliphatic rings. The number of nitrogens with zero attached hydrogens (tertiary/aromatic N) is 2. The van der Waals surface area contributed by atoms with Crippen LogP contribution in [0.1, 0.15) is 0 Å². The van der Waals surface area contributed by atoms with Gasteiger partial charge in [0, 0.05) is 12.1 Å². The van der Waals surface area contributed by atoms with Crippen LogP contribution in [-0.2, 0) is 14.3 Å². The van der Waals surface area contributed by atoms with Crippen LogP contribution >= 0.6 is 0 Å². The molecule has 23 heavy (non-hydrogen) atoms. The van der Waals surface area contributed by atoms with Gasteiger partial charge in [-0.1, -0.05) is 0 Å². The van der Waals surface area contributed by atoms with E-state index < -0.39 is 36.0 Å². The van der Waals surface area contributed by atoms with E-state index in [1.807, 2.05) is 0 Å². The van der Waals surface area contributed by atoms with E-state index in [9.17, 15) is 22.8 Å². The first-order valence-electron chi connectivity index (χ1n) is 6.84. The third-order valence-electron chi connectivity index (χ3n) is 3.74. The molecule has 0 radical (unpaired) electrons. The minimum absolute atomic E-state index is 0.0800. The Kier molecular flexibility index (Phi) is 3.78. The first kappa shape index (κ1) is 15.4. The largest absolute Gasteiger partial charge is 0.466 e. The monoisotopic (exact) mass is 330 g/mol. The lowest BCUT2D eigenvalue weighted by atomic mass is 10.1. The molecule has 3 rings (SSSR count). The van der Waals surface area contributed by atoms with Crippen LogP contribution in [0.15, 0.2) is 12.1 Å². The van der Waals surface area contributed by atoms with E-state index >= 15 is 0 Å². The molecule has 2 aliphatic heterocycles. The summed E-state index contributed by atoms with van der Waals surface area (Å²) in [6.07, 6.45) is -3.16. The van der Waals surface area contributed by atoms with Crippen molar-refractivity contribution >= 4 is 23.4 Å². The number of benzene rings is 1. The fourth-order valence-corrected chi connectivity index (χ4v) is 2.55. The molecule has 9 heteroatoms. The van der Waals surface area contributed by atoms with E-state index in [2.05, 4.69) is 4.74 Å². The minimum atomic E-state index is -1.15. The Morgan fingerprint density at radius 1 is 1.26 bits per heavy atom. The number of rotatable bonds is 3. The lowest BCUT2D eigenvalue weighted by Gasteiger charge is -2.36. The summed E-state index contributed by atoms with van der Waals surface area (Å²) in [6, 6.07) is 1.90. The first-order valence-corrected chi connectivity index (χ1v) is 6.84. The third kappa shape index (κ3) is 2.66. The van der Waals surface area contributed by atoms with Crippen LogP contribution in [0.4, 0.5) is 29.3 Å². The Hall–Kier alpha value is -2.45. The maximum absolute atomic E-state index is 14.1. The zero-order valence-electron chi connectivity index (χ0n) is 12.1. The molecule has 1 amide bonds. The van der Waals surface area contributed by atoms with Gasteiger partial charge in [-0.2, -0.15) is 0 Å². The molecule has 6 nitrogen and oxygen atoms in total. The predicted octanol–water partition coefficient (Wildman–Crippen LogP) is 1.62. The normalized spacial score (nSPS) is 21.2. The van der Waals surface area contributed by atoms with Gasteiger partial charge in [-0.3, -0.25) is 4.90 Å². The van der Waals surface area contributed by atoms with Crippen molar-refractivity contribution in [2.75, 3.05) is 36.5 Å². The molecule has 1 aromatic carbocycles. The number of hydrogen-bond acceptors (Lipinski definition) is 5. The Labute approximate surface area is 129 Å². The van der Waals surface area contributed by atoms with E-state index in [1.165, 1.54) is 4.90 Å². The average molecular weight is 330 g/mol. The van der Waals surface area contributed by atoms with Gasteiger partial charge in [0.1, 0.15) is 11.9 Å². The number of anilines is 2. The highest BCUT2D eigenvalue weighted by atomic mass is 19.1. The van der Waals surface area contributed by atoms with Gasteiger partial charge < -0.3 is 14.4 Å². The van der Waals surface area contributed by atoms with Crippen molar-refractivity contribution in [2.24, 2.45) is 0 Å². The van der Waals surface area contributed by atoms with Crippen molar-refractivity contribution < 1.29 is 32.2 Å². The Morgan fingerprint density at radius 3 is 2.39 bits per heavy atom. The second-order valence-corrected chi connectivity index (χ2v) is 5.27. The van der Waals surface area contributed by atoms with Crippen molar-refractivity contribution in [1.29, 1.82) is 0 Å². The molecule has 0 aliphatic carbocycles. The van der Waals surface area contributed by atoms with Gasteiger partial charge in [0.15, 0.2) is 11.6 Å². The Bertz CT molecular complexity index is 640. The molecule has 124 valence electrons. The quantitative estimate of drug-likeness (QED) is 0.788. The number of cyclic esters (lactones) is 1. The topological polar surface area (TPSA) is 59.1 Å². The van der Waals surface area contributed by atoms with Crippen LogP contribution in [0, 0.1) is 11.6 Å². The number of ether oxygens (including phenoxy) is 2. The van der Waals surface area contributed by atoms with Gasteiger partial charge in [-0.25, -0.2) is 22.8 Å². The molecule has 0 saturated carbocycles. The summed E-state index contributed by atoms with van der Waals surface area (Å²) in [7, 11) is 1.14. The number of halogens is 3. The third-order valence-corrected chi connectivity index (χ3v) is 3.74. The summed E-state index contributed by atoms with van der Waals surface area (Å²) in [5.41, 5.74) is -0.419. The fourth-order valence-electron chi connectivity index (χ4n) is 2.55. The number of alkyl halides is 1. The van der Waals surface area contributed by atoms with Crippen molar-refractivity contribution in [3.05, 3.63) is 23.8 Å². The highest BCUT2D eigenvalue weighted by molar-refractivity contribution is 5.94. The predicted molar refractivity (Wildman–Crippen MR) is 73.1 cm³/mol. The molecule has 0 N–H and O–H groups in total. The Balaban J connectivity index is 1.84. The summed E-state index contributed by atoms with van der Waals surface area (Å²) < 4.78 is 50.4. The summed E-state index contributed by atoms with van der Waals surface area (Å²) in [4.78, 5) is 25.3. The van der Waals surface area contributed by atoms with Crippen LogP contribution in [0.2, 0.25) is 0 Å². The van der Waals surface area contributed by atoms with Crippen LogP contribution < -0.4 is 9.80 Å². The number of carbonyl (C=O) groups excluding carboxylic acids is 2. The number of carbonyl (C=O) groups is 2. The second kappa shape index (κ2) is 5.64. The van der Waals surface area contributed by atoms with Crippen LogP contribution in [0.3, 0.4) is 0 Å². The van der Waals surface area contributed by atoms with Crippen LogP contribution in [0.25, 0.3) is 0 Å². The number of hydrogen-bond donors (Lipinski definition) is 0. The molecule has 0 unspecified atom stereocenters. The van der Waals surface area contributed by atoms with Gasteiger partial charge in [0.25, 0.3) is 0 Å². The zero-order valence-corrected chi connectivity index (χ0v) is 12.1. The van der Waals surface area contributed by atoms with Crippen molar-refractivity contribution in [2.45, 2.75) is 12.3 Å². The zero-order chi connectivity index (χ0) is 16.7. The SMILES string of the molecule is COC(=O)[C@H]1CN(c2cc(F)c(N3CC(F)C3)c(F)c2)C(=O)O1. The van der Waals surface area contributed by atoms with Gasteiger partial charge in [0.2, 0.25) is 6.10 Å². The van der Waals surface area contributed by atoms with Crippen LogP contribution in [0.5, 0.6) is 0 Å². The summed E-state index contributed by atoms with van der Waals surface area (Å²) in [5, 5.41) is 0. The molecule has 0 aromatic heterocycles. The summed E-state index contributed by atoms with van der Waals surface area (Å²) in [6.45, 7) is -0.368. The molecule has 2 fully saturated rings. The van der Waals surface area contributed by atoms with Crippen molar-refractivity contribution in [3.8, 4) is 0 Å². The maximum atomic E-state index is 14.1. The maximum Gasteiger partial charge on any atom is 0.415 e. The molecule has 1 atom stereocenters. The molecular formula is C14H13F3N2O4. The summed E-state index contributed by atoms with van der Waals surface area (Å²) in [5.74, 6) is -2.59. The van der Waals surface area contributed by atoms with Gasteiger partial charge in [-0.15, -0.1) is 0 Å². The van der Waals surface area contributed by atoms with E-state index in [0.29, 0.717) is 0 Å². The molecule has 1 aromatic rings. The standard InChI is InChI=1S/C14H13F3N2O4/c1-22-13(20)11-6-19(14(21)23-11)8-2-9(16)12(10(17)3-8)18-4-7(15)5-18/h2-3,7,11H,4-6H2,1H3/t11-/m1/s1. The number of methoxy groups -OCH3 is 1. The molecule has 0 bridgehead atoms. The Morgan fingerprint density at radius 2 is 1.87 bits per heavy atom. The highest BCUT2D eigenvalue weighted by Crippen LogP contribution is 2.33. The van der Waals surface area contributed by atoms with E-state index in [0.717, 1.165) is 24.1 Å². The van der Waals surface area contributed by atoms with E-state index in [4.69, 9.17) is 4.74 Å². The molecular weight excluding hydrogens is 317 g/mol. The molecule has 2 saturated heterocycles. The fraction of sp³-hybridized carbons (Fsp3) is 0.429. The van der Waals surface area contributed by atoms with E-state index in [1.54, 1.807) is 0 Å².